The van der Waals surface area contributed by atoms with Crippen molar-refractivity contribution in [3.63, 3.8) is 0 Å². The fourth-order valence-corrected chi connectivity index (χ4v) is 4.08. The van der Waals surface area contributed by atoms with Crippen LogP contribution in [0.4, 0.5) is 0 Å². The van der Waals surface area contributed by atoms with Crippen LogP contribution in [0.2, 0.25) is 0 Å². The van der Waals surface area contributed by atoms with E-state index in [4.69, 9.17) is 0 Å². The van der Waals surface area contributed by atoms with Gasteiger partial charge in [-0.15, -0.1) is 0 Å². The largest absolute Gasteiger partial charge is 0.396 e. The first-order valence-corrected chi connectivity index (χ1v) is 6.89. The van der Waals surface area contributed by atoms with Crippen molar-refractivity contribution < 1.29 is 5.11 Å². The van der Waals surface area contributed by atoms with Gasteiger partial charge in [-0.1, -0.05) is 32.6 Å². The van der Waals surface area contributed by atoms with E-state index in [0.717, 1.165) is 5.92 Å². The van der Waals surface area contributed by atoms with Crippen LogP contribution in [0.25, 0.3) is 0 Å². The normalized spacial score (nSPS) is 42.0. The molecule has 1 spiro atoms. The maximum absolute atomic E-state index is 9.33. The van der Waals surface area contributed by atoms with E-state index in [2.05, 4.69) is 6.92 Å². The van der Waals surface area contributed by atoms with E-state index in [-0.39, 0.29) is 0 Å². The van der Waals surface area contributed by atoms with Crippen LogP contribution in [0, 0.1) is 17.3 Å². The first-order chi connectivity index (χ1) is 7.28. The molecule has 1 heteroatoms. The molecular weight excluding hydrogens is 184 g/mol. The Hall–Kier alpha value is -0.0400. The summed E-state index contributed by atoms with van der Waals surface area (Å²) in [5.74, 6) is 1.60. The first kappa shape index (κ1) is 11.4. The maximum Gasteiger partial charge on any atom is 0.0459 e. The van der Waals surface area contributed by atoms with Gasteiger partial charge in [0.1, 0.15) is 0 Å². The molecule has 0 aromatic rings. The Morgan fingerprint density at radius 1 is 1.07 bits per heavy atom. The lowest BCUT2D eigenvalue weighted by Crippen LogP contribution is -2.34. The van der Waals surface area contributed by atoms with E-state index < -0.39 is 0 Å². The van der Waals surface area contributed by atoms with Gasteiger partial charge in [-0.05, 0) is 49.4 Å². The molecule has 0 aromatic heterocycles. The van der Waals surface area contributed by atoms with Crippen molar-refractivity contribution >= 4 is 0 Å². The predicted molar refractivity (Wildman–Crippen MR) is 63.7 cm³/mol. The van der Waals surface area contributed by atoms with Crippen molar-refractivity contribution in [1.82, 2.24) is 0 Å². The minimum absolute atomic E-state index is 0.429. The van der Waals surface area contributed by atoms with Gasteiger partial charge in [0.25, 0.3) is 0 Å². The number of aliphatic hydroxyl groups excluding tert-OH is 1. The van der Waals surface area contributed by atoms with Crippen molar-refractivity contribution in [2.75, 3.05) is 6.61 Å². The van der Waals surface area contributed by atoms with Crippen molar-refractivity contribution in [1.29, 1.82) is 0 Å². The topological polar surface area (TPSA) is 20.2 Å². The van der Waals surface area contributed by atoms with Crippen molar-refractivity contribution in [3.8, 4) is 0 Å². The van der Waals surface area contributed by atoms with Crippen LogP contribution in [-0.2, 0) is 0 Å². The summed E-state index contributed by atoms with van der Waals surface area (Å²) in [6, 6.07) is 0. The molecule has 0 aromatic carbocycles. The van der Waals surface area contributed by atoms with Crippen LogP contribution < -0.4 is 0 Å². The van der Waals surface area contributed by atoms with E-state index in [1.165, 1.54) is 57.8 Å². The SMILES string of the molecule is CC[C@H]1CCC[C@]2(CCC[C@H](CO)C2)C1. The zero-order valence-electron chi connectivity index (χ0n) is 10.2. The van der Waals surface area contributed by atoms with Gasteiger partial charge in [0.2, 0.25) is 0 Å². The molecule has 0 amide bonds. The van der Waals surface area contributed by atoms with Crippen molar-refractivity contribution in [3.05, 3.63) is 0 Å². The molecule has 2 saturated carbocycles. The Labute approximate surface area is 94.3 Å². The summed E-state index contributed by atoms with van der Waals surface area (Å²) in [6.45, 7) is 2.77. The maximum atomic E-state index is 9.33. The third-order valence-corrected chi connectivity index (χ3v) is 4.92. The van der Waals surface area contributed by atoms with Gasteiger partial charge in [0.05, 0.1) is 0 Å². The summed E-state index contributed by atoms with van der Waals surface area (Å²) in [5.41, 5.74) is 0.643. The molecule has 0 unspecified atom stereocenters. The average Bonchev–Trinajstić information content (AvgIpc) is 2.29. The zero-order valence-corrected chi connectivity index (χ0v) is 10.2. The summed E-state index contributed by atoms with van der Waals surface area (Å²) in [4.78, 5) is 0. The molecule has 1 nitrogen and oxygen atoms in total. The van der Waals surface area contributed by atoms with Gasteiger partial charge in [-0.3, -0.25) is 0 Å². The third kappa shape index (κ3) is 2.55. The van der Waals surface area contributed by atoms with E-state index in [0.29, 0.717) is 17.9 Å². The zero-order chi connectivity index (χ0) is 10.7. The van der Waals surface area contributed by atoms with E-state index in [9.17, 15) is 5.11 Å². The Bertz CT molecular complexity index is 178. The molecule has 0 radical (unpaired) electrons. The molecule has 2 fully saturated rings. The second kappa shape index (κ2) is 4.86. The molecule has 1 N–H and O–H groups in total. The average molecular weight is 210 g/mol. The second-order valence-electron chi connectivity index (χ2n) is 6.02. The third-order valence-electron chi connectivity index (χ3n) is 4.92. The standard InChI is InChI=1S/C14H26O/c1-2-12-5-3-7-14(9-12)8-4-6-13(10-14)11-15/h12-13,15H,2-11H2,1H3/t12-,13-,14-/m0/s1. The molecule has 2 aliphatic carbocycles. The second-order valence-corrected chi connectivity index (χ2v) is 6.02. The van der Waals surface area contributed by atoms with Gasteiger partial charge in [0, 0.05) is 6.61 Å². The smallest absolute Gasteiger partial charge is 0.0459 e. The van der Waals surface area contributed by atoms with E-state index >= 15 is 0 Å². The molecule has 2 aliphatic rings. The van der Waals surface area contributed by atoms with E-state index in [1.54, 1.807) is 0 Å². The molecule has 88 valence electrons. The monoisotopic (exact) mass is 210 g/mol. The highest BCUT2D eigenvalue weighted by Crippen LogP contribution is 2.51. The minimum atomic E-state index is 0.429. The van der Waals surface area contributed by atoms with Crippen LogP contribution >= 0.6 is 0 Å². The molecule has 0 bridgehead atoms. The Morgan fingerprint density at radius 2 is 1.67 bits per heavy atom. The molecule has 0 aliphatic heterocycles. The van der Waals surface area contributed by atoms with Crippen LogP contribution in [0.15, 0.2) is 0 Å². The fraction of sp³-hybridized carbons (Fsp3) is 1.00. The van der Waals surface area contributed by atoms with Gasteiger partial charge >= 0.3 is 0 Å². The first-order valence-electron chi connectivity index (χ1n) is 6.89. The molecule has 15 heavy (non-hydrogen) atoms. The number of rotatable bonds is 2. The fourth-order valence-electron chi connectivity index (χ4n) is 4.08. The summed E-state index contributed by atoms with van der Waals surface area (Å²) < 4.78 is 0. The highest BCUT2D eigenvalue weighted by Gasteiger charge is 2.39. The van der Waals surface area contributed by atoms with Crippen LogP contribution in [0.5, 0.6) is 0 Å². The quantitative estimate of drug-likeness (QED) is 0.736. The number of hydrogen-bond acceptors (Lipinski definition) is 1. The lowest BCUT2D eigenvalue weighted by molar-refractivity contribution is 0.0382. The highest BCUT2D eigenvalue weighted by molar-refractivity contribution is 4.90. The van der Waals surface area contributed by atoms with Crippen LogP contribution in [0.3, 0.4) is 0 Å². The lowest BCUT2D eigenvalue weighted by atomic mass is 9.60. The summed E-state index contributed by atoms with van der Waals surface area (Å²) in [5, 5.41) is 9.33. The molecule has 3 atom stereocenters. The molecular formula is C14H26O. The summed E-state index contributed by atoms with van der Waals surface area (Å²) in [7, 11) is 0. The Kier molecular flexibility index (Phi) is 3.71. The van der Waals surface area contributed by atoms with Gasteiger partial charge in [-0.2, -0.15) is 0 Å². The van der Waals surface area contributed by atoms with Crippen molar-refractivity contribution in [2.24, 2.45) is 17.3 Å². The Balaban J connectivity index is 1.98. The van der Waals surface area contributed by atoms with E-state index in [1.807, 2.05) is 0 Å². The minimum Gasteiger partial charge on any atom is -0.396 e. The number of hydrogen-bond donors (Lipinski definition) is 1. The summed E-state index contributed by atoms with van der Waals surface area (Å²) in [6.07, 6.45) is 12.6. The van der Waals surface area contributed by atoms with Gasteiger partial charge in [-0.25, -0.2) is 0 Å². The van der Waals surface area contributed by atoms with Crippen LogP contribution in [0.1, 0.15) is 64.7 Å². The lowest BCUT2D eigenvalue weighted by Gasteiger charge is -2.46. The van der Waals surface area contributed by atoms with Crippen LogP contribution in [-0.4, -0.2) is 11.7 Å². The van der Waals surface area contributed by atoms with Gasteiger partial charge < -0.3 is 5.11 Å². The molecule has 0 heterocycles. The predicted octanol–water partition coefficient (Wildman–Crippen LogP) is 3.76. The van der Waals surface area contributed by atoms with Gasteiger partial charge in [0.15, 0.2) is 0 Å². The number of aliphatic hydroxyl groups is 1. The summed E-state index contributed by atoms with van der Waals surface area (Å²) >= 11 is 0. The molecule has 0 saturated heterocycles. The highest BCUT2D eigenvalue weighted by atomic mass is 16.3. The van der Waals surface area contributed by atoms with Crippen molar-refractivity contribution in [2.45, 2.75) is 64.7 Å². The molecule has 2 rings (SSSR count). The Morgan fingerprint density at radius 3 is 2.27 bits per heavy atom.